The third-order valence-electron chi connectivity index (χ3n) is 4.19. The number of hydrogen-bond acceptors (Lipinski definition) is 4. The highest BCUT2D eigenvalue weighted by Gasteiger charge is 2.05. The van der Waals surface area contributed by atoms with Gasteiger partial charge in [0.2, 0.25) is 5.88 Å². The summed E-state index contributed by atoms with van der Waals surface area (Å²) in [7, 11) is 1.62. The molecule has 0 bridgehead atoms. The quantitative estimate of drug-likeness (QED) is 0.279. The molecule has 0 aliphatic carbocycles. The van der Waals surface area contributed by atoms with Gasteiger partial charge in [-0.15, -0.1) is 24.0 Å². The molecule has 7 nitrogen and oxygen atoms in total. The van der Waals surface area contributed by atoms with Gasteiger partial charge in [0, 0.05) is 25.0 Å². The Morgan fingerprint density at radius 2 is 1.90 bits per heavy atom. The molecule has 0 aliphatic heterocycles. The number of aromatic nitrogens is 3. The Balaban J connectivity index is 0.00000300. The van der Waals surface area contributed by atoms with Crippen molar-refractivity contribution in [1.82, 2.24) is 25.4 Å². The first-order chi connectivity index (χ1) is 13.8. The maximum atomic E-state index is 5.18. The first-order valence-corrected chi connectivity index (χ1v) is 9.34. The van der Waals surface area contributed by atoms with E-state index < -0.39 is 0 Å². The Labute approximate surface area is 188 Å². The third-order valence-corrected chi connectivity index (χ3v) is 4.19. The first kappa shape index (κ1) is 22.7. The van der Waals surface area contributed by atoms with Gasteiger partial charge in [0.15, 0.2) is 5.96 Å². The highest BCUT2D eigenvalue weighted by atomic mass is 127. The van der Waals surface area contributed by atoms with Gasteiger partial charge in [-0.2, -0.15) is 5.10 Å². The van der Waals surface area contributed by atoms with Crippen molar-refractivity contribution in [2.75, 3.05) is 13.7 Å². The smallest absolute Gasteiger partial charge is 0.213 e. The Kier molecular flexibility index (Phi) is 9.42. The molecule has 2 heterocycles. The van der Waals surface area contributed by atoms with E-state index in [0.29, 0.717) is 19.0 Å². The predicted molar refractivity (Wildman–Crippen MR) is 126 cm³/mol. The van der Waals surface area contributed by atoms with E-state index in [9.17, 15) is 0 Å². The van der Waals surface area contributed by atoms with Crippen molar-refractivity contribution in [2.45, 2.75) is 26.6 Å². The van der Waals surface area contributed by atoms with Crippen LogP contribution in [0.15, 0.2) is 65.9 Å². The highest BCUT2D eigenvalue weighted by Crippen LogP contribution is 2.12. The molecule has 0 spiro atoms. The molecule has 154 valence electrons. The molecule has 1 aromatic carbocycles. The minimum absolute atomic E-state index is 0. The number of nitrogens with zero attached hydrogens (tertiary/aromatic N) is 4. The summed E-state index contributed by atoms with van der Waals surface area (Å²) in [6.45, 7) is 4.71. The molecule has 2 aromatic heterocycles. The van der Waals surface area contributed by atoms with Crippen LogP contribution in [0.3, 0.4) is 0 Å². The average Bonchev–Trinajstić information content (AvgIpc) is 3.24. The van der Waals surface area contributed by atoms with E-state index in [-0.39, 0.29) is 24.0 Å². The summed E-state index contributed by atoms with van der Waals surface area (Å²) in [4.78, 5) is 9.16. The lowest BCUT2D eigenvalue weighted by atomic mass is 10.1. The van der Waals surface area contributed by atoms with Crippen molar-refractivity contribution in [1.29, 1.82) is 0 Å². The fourth-order valence-corrected chi connectivity index (χ4v) is 2.78. The summed E-state index contributed by atoms with van der Waals surface area (Å²) in [6, 6.07) is 16.0. The van der Waals surface area contributed by atoms with E-state index in [1.807, 2.05) is 54.2 Å². The van der Waals surface area contributed by atoms with E-state index in [2.05, 4.69) is 32.8 Å². The molecule has 0 aliphatic rings. The van der Waals surface area contributed by atoms with Crippen LogP contribution in [0.5, 0.6) is 5.88 Å². The van der Waals surface area contributed by atoms with E-state index >= 15 is 0 Å². The number of methoxy groups -OCH3 is 1. The number of pyridine rings is 1. The van der Waals surface area contributed by atoms with Crippen molar-refractivity contribution in [2.24, 2.45) is 4.99 Å². The van der Waals surface area contributed by atoms with Crippen LogP contribution in [0.4, 0.5) is 0 Å². The van der Waals surface area contributed by atoms with Gasteiger partial charge in [-0.1, -0.05) is 30.3 Å². The van der Waals surface area contributed by atoms with Crippen LogP contribution < -0.4 is 15.4 Å². The fraction of sp³-hybridized carbons (Fsp3) is 0.286. The van der Waals surface area contributed by atoms with Crippen LogP contribution in [0.25, 0.3) is 0 Å². The van der Waals surface area contributed by atoms with Crippen molar-refractivity contribution in [3.8, 4) is 5.88 Å². The first-order valence-electron chi connectivity index (χ1n) is 9.34. The second-order valence-electron chi connectivity index (χ2n) is 6.19. The lowest BCUT2D eigenvalue weighted by Gasteiger charge is -2.13. The lowest BCUT2D eigenvalue weighted by Crippen LogP contribution is -2.37. The largest absolute Gasteiger partial charge is 0.481 e. The molecule has 0 saturated heterocycles. The Morgan fingerprint density at radius 3 is 2.62 bits per heavy atom. The summed E-state index contributed by atoms with van der Waals surface area (Å²) in [5.41, 5.74) is 3.28. The maximum absolute atomic E-state index is 5.18. The number of hydrogen-bond donors (Lipinski definition) is 2. The molecule has 3 rings (SSSR count). The minimum Gasteiger partial charge on any atom is -0.481 e. The molecule has 0 unspecified atom stereocenters. The second-order valence-corrected chi connectivity index (χ2v) is 6.19. The van der Waals surface area contributed by atoms with Gasteiger partial charge < -0.3 is 15.4 Å². The Bertz CT molecular complexity index is 898. The van der Waals surface area contributed by atoms with Gasteiger partial charge in [0.05, 0.1) is 32.4 Å². The molecule has 3 aromatic rings. The standard InChI is InChI=1S/C21H26N6O.HI/c1-3-22-21(24-15-19-10-6-11-20(26-19)28-2)23-14-17-8-4-5-9-18(17)16-27-13-7-12-25-27;/h4-13H,3,14-16H2,1-2H3,(H2,22,23,24);1H. The van der Waals surface area contributed by atoms with Crippen LogP contribution in [-0.2, 0) is 19.6 Å². The molecular weight excluding hydrogens is 479 g/mol. The normalized spacial score (nSPS) is 10.9. The molecule has 0 fully saturated rings. The number of aliphatic imine (C=N–C) groups is 1. The summed E-state index contributed by atoms with van der Waals surface area (Å²) in [5, 5.41) is 10.9. The van der Waals surface area contributed by atoms with Crippen LogP contribution in [0, 0.1) is 0 Å². The molecule has 0 radical (unpaired) electrons. The molecular formula is C21H27IN6O. The minimum atomic E-state index is 0. The van der Waals surface area contributed by atoms with Crippen LogP contribution in [-0.4, -0.2) is 34.4 Å². The number of nitrogens with one attached hydrogen (secondary N) is 2. The van der Waals surface area contributed by atoms with Crippen LogP contribution >= 0.6 is 24.0 Å². The number of guanidine groups is 1. The maximum Gasteiger partial charge on any atom is 0.213 e. The number of rotatable bonds is 8. The van der Waals surface area contributed by atoms with E-state index in [4.69, 9.17) is 9.73 Å². The molecule has 29 heavy (non-hydrogen) atoms. The van der Waals surface area contributed by atoms with Crippen LogP contribution in [0.1, 0.15) is 23.7 Å². The van der Waals surface area contributed by atoms with Crippen LogP contribution in [0.2, 0.25) is 0 Å². The zero-order valence-electron chi connectivity index (χ0n) is 16.7. The monoisotopic (exact) mass is 506 g/mol. The van der Waals surface area contributed by atoms with Gasteiger partial charge >= 0.3 is 0 Å². The zero-order chi connectivity index (χ0) is 19.6. The summed E-state index contributed by atoms with van der Waals surface area (Å²) >= 11 is 0. The van der Waals surface area contributed by atoms with Gasteiger partial charge in [-0.3, -0.25) is 4.68 Å². The van der Waals surface area contributed by atoms with E-state index in [1.165, 1.54) is 11.1 Å². The Morgan fingerprint density at radius 1 is 1.07 bits per heavy atom. The molecule has 0 atom stereocenters. The lowest BCUT2D eigenvalue weighted by molar-refractivity contribution is 0.396. The van der Waals surface area contributed by atoms with Crippen molar-refractivity contribution >= 4 is 29.9 Å². The third kappa shape index (κ3) is 7.04. The SMILES string of the molecule is CCNC(=NCc1ccccc1Cn1cccn1)NCc1cccc(OC)n1.I. The van der Waals surface area contributed by atoms with Crippen molar-refractivity contribution in [3.63, 3.8) is 0 Å². The molecule has 8 heteroatoms. The van der Waals surface area contributed by atoms with E-state index in [0.717, 1.165) is 24.7 Å². The van der Waals surface area contributed by atoms with Gasteiger partial charge in [0.1, 0.15) is 0 Å². The van der Waals surface area contributed by atoms with Gasteiger partial charge in [-0.05, 0) is 30.2 Å². The van der Waals surface area contributed by atoms with Crippen molar-refractivity contribution < 1.29 is 4.74 Å². The molecule has 0 amide bonds. The fourth-order valence-electron chi connectivity index (χ4n) is 2.78. The summed E-state index contributed by atoms with van der Waals surface area (Å²) < 4.78 is 7.10. The molecule has 0 saturated carbocycles. The number of ether oxygens (including phenoxy) is 1. The highest BCUT2D eigenvalue weighted by molar-refractivity contribution is 14.0. The number of benzene rings is 1. The second kappa shape index (κ2) is 12.1. The summed E-state index contributed by atoms with van der Waals surface area (Å²) in [6.07, 6.45) is 3.76. The molecule has 2 N–H and O–H groups in total. The van der Waals surface area contributed by atoms with E-state index in [1.54, 1.807) is 13.3 Å². The average molecular weight is 506 g/mol. The zero-order valence-corrected chi connectivity index (χ0v) is 19.0. The van der Waals surface area contributed by atoms with Crippen molar-refractivity contribution in [3.05, 3.63) is 77.7 Å². The Hall–Kier alpha value is -2.62. The topological polar surface area (TPSA) is 76.4 Å². The van der Waals surface area contributed by atoms with Gasteiger partial charge in [-0.25, -0.2) is 9.98 Å². The predicted octanol–water partition coefficient (Wildman–Crippen LogP) is 3.21. The number of halogens is 1. The summed E-state index contributed by atoms with van der Waals surface area (Å²) in [5.74, 6) is 1.36. The van der Waals surface area contributed by atoms with Gasteiger partial charge in [0.25, 0.3) is 0 Å².